The third kappa shape index (κ3) is 1.47. The molecule has 0 saturated carbocycles. The molecule has 1 N–H and O–H groups in total. The van der Waals surface area contributed by atoms with Crippen LogP contribution in [0.2, 0.25) is 0 Å². The molecular weight excluding hydrogens is 156 g/mol. The minimum atomic E-state index is -0.371. The fourth-order valence-electron chi connectivity index (χ4n) is 1.17. The molecule has 1 unspecified atom stereocenters. The van der Waals surface area contributed by atoms with E-state index in [0.717, 1.165) is 0 Å². The van der Waals surface area contributed by atoms with Crippen LogP contribution in [0.5, 0.6) is 0 Å². The van der Waals surface area contributed by atoms with Gasteiger partial charge < -0.3 is 10.2 Å². The Kier molecular flexibility index (Phi) is 2.47. The van der Waals surface area contributed by atoms with Gasteiger partial charge >= 0.3 is 0 Å². The van der Waals surface area contributed by atoms with E-state index in [1.165, 1.54) is 4.90 Å². The highest BCUT2D eigenvalue weighted by molar-refractivity contribution is 5.94. The van der Waals surface area contributed by atoms with Crippen LogP contribution < -0.4 is 5.32 Å². The molecule has 1 aliphatic heterocycles. The van der Waals surface area contributed by atoms with Crippen LogP contribution in [0.25, 0.3) is 0 Å². The maximum atomic E-state index is 11.2. The van der Waals surface area contributed by atoms with E-state index in [1.54, 1.807) is 13.0 Å². The molecule has 1 aliphatic rings. The molecule has 1 rings (SSSR count). The SMILES string of the molecule is C=CCN1C(=O)CNC(=O)C1C. The topological polar surface area (TPSA) is 49.4 Å². The van der Waals surface area contributed by atoms with E-state index in [-0.39, 0.29) is 24.4 Å². The van der Waals surface area contributed by atoms with E-state index in [9.17, 15) is 9.59 Å². The average Bonchev–Trinajstić information content (AvgIpc) is 2.06. The molecule has 1 saturated heterocycles. The maximum absolute atomic E-state index is 11.2. The van der Waals surface area contributed by atoms with Crippen molar-refractivity contribution in [2.75, 3.05) is 13.1 Å². The zero-order valence-corrected chi connectivity index (χ0v) is 7.04. The van der Waals surface area contributed by atoms with Gasteiger partial charge in [-0.05, 0) is 6.92 Å². The summed E-state index contributed by atoms with van der Waals surface area (Å²) >= 11 is 0. The van der Waals surface area contributed by atoms with Crippen LogP contribution in [-0.2, 0) is 9.59 Å². The zero-order chi connectivity index (χ0) is 9.14. The third-order valence-electron chi connectivity index (χ3n) is 1.91. The molecular formula is C8H12N2O2. The van der Waals surface area contributed by atoms with Gasteiger partial charge in [0.25, 0.3) is 0 Å². The second-order valence-corrected chi connectivity index (χ2v) is 2.73. The second-order valence-electron chi connectivity index (χ2n) is 2.73. The summed E-state index contributed by atoms with van der Waals surface area (Å²) in [7, 11) is 0. The van der Waals surface area contributed by atoms with E-state index in [0.29, 0.717) is 6.54 Å². The Morgan fingerprint density at radius 1 is 1.75 bits per heavy atom. The van der Waals surface area contributed by atoms with Crippen LogP contribution in [-0.4, -0.2) is 35.8 Å². The molecule has 4 nitrogen and oxygen atoms in total. The minimum Gasteiger partial charge on any atom is -0.345 e. The highest BCUT2D eigenvalue weighted by Crippen LogP contribution is 2.04. The van der Waals surface area contributed by atoms with Gasteiger partial charge in [-0.15, -0.1) is 6.58 Å². The lowest BCUT2D eigenvalue weighted by atomic mass is 10.2. The van der Waals surface area contributed by atoms with E-state index >= 15 is 0 Å². The Bertz CT molecular complexity index is 225. The quantitative estimate of drug-likeness (QED) is 0.566. The van der Waals surface area contributed by atoms with Crippen molar-refractivity contribution >= 4 is 11.8 Å². The Hall–Kier alpha value is -1.32. The average molecular weight is 168 g/mol. The number of nitrogens with one attached hydrogen (secondary N) is 1. The molecule has 1 atom stereocenters. The van der Waals surface area contributed by atoms with Crippen molar-refractivity contribution in [2.45, 2.75) is 13.0 Å². The summed E-state index contributed by atoms with van der Waals surface area (Å²) < 4.78 is 0. The number of nitrogens with zero attached hydrogens (tertiary/aromatic N) is 1. The highest BCUT2D eigenvalue weighted by Gasteiger charge is 2.29. The Morgan fingerprint density at radius 3 is 3.00 bits per heavy atom. The van der Waals surface area contributed by atoms with Crippen LogP contribution >= 0.6 is 0 Å². The van der Waals surface area contributed by atoms with Crippen molar-refractivity contribution in [1.82, 2.24) is 10.2 Å². The van der Waals surface area contributed by atoms with Crippen molar-refractivity contribution < 1.29 is 9.59 Å². The number of rotatable bonds is 2. The molecule has 0 aromatic rings. The Morgan fingerprint density at radius 2 is 2.42 bits per heavy atom. The molecule has 1 fully saturated rings. The molecule has 66 valence electrons. The van der Waals surface area contributed by atoms with Crippen LogP contribution in [0.15, 0.2) is 12.7 Å². The lowest BCUT2D eigenvalue weighted by molar-refractivity contribution is -0.144. The fourth-order valence-corrected chi connectivity index (χ4v) is 1.17. The number of carbonyl (C=O) groups excluding carboxylic acids is 2. The standard InChI is InChI=1S/C8H12N2O2/c1-3-4-10-6(2)8(12)9-5-7(10)11/h3,6H,1,4-5H2,2H3,(H,9,12). The predicted octanol–water partition coefficient (Wildman–Crippen LogP) is -0.481. The summed E-state index contributed by atoms with van der Waals surface area (Å²) in [5.41, 5.74) is 0. The lowest BCUT2D eigenvalue weighted by Gasteiger charge is -2.31. The summed E-state index contributed by atoms with van der Waals surface area (Å²) in [5.74, 6) is -0.154. The molecule has 0 bridgehead atoms. The maximum Gasteiger partial charge on any atom is 0.242 e. The predicted molar refractivity (Wildman–Crippen MR) is 44.4 cm³/mol. The first-order valence-electron chi connectivity index (χ1n) is 3.85. The van der Waals surface area contributed by atoms with Crippen molar-refractivity contribution in [3.05, 3.63) is 12.7 Å². The molecule has 2 amide bonds. The van der Waals surface area contributed by atoms with Crippen LogP contribution in [0.4, 0.5) is 0 Å². The van der Waals surface area contributed by atoms with Crippen LogP contribution in [0, 0.1) is 0 Å². The fraction of sp³-hybridized carbons (Fsp3) is 0.500. The van der Waals surface area contributed by atoms with Gasteiger partial charge in [-0.25, -0.2) is 0 Å². The summed E-state index contributed by atoms with van der Waals surface area (Å²) in [6, 6.07) is -0.371. The van der Waals surface area contributed by atoms with Gasteiger partial charge in [0.2, 0.25) is 11.8 Å². The van der Waals surface area contributed by atoms with E-state index in [1.807, 2.05) is 0 Å². The van der Waals surface area contributed by atoms with Crippen molar-refractivity contribution in [2.24, 2.45) is 0 Å². The van der Waals surface area contributed by atoms with Crippen molar-refractivity contribution in [1.29, 1.82) is 0 Å². The number of amides is 2. The first-order chi connectivity index (χ1) is 5.66. The van der Waals surface area contributed by atoms with Crippen molar-refractivity contribution in [3.8, 4) is 0 Å². The first-order valence-corrected chi connectivity index (χ1v) is 3.85. The molecule has 0 radical (unpaired) electrons. The summed E-state index contributed by atoms with van der Waals surface area (Å²) in [6.07, 6.45) is 1.62. The number of piperazine rings is 1. The van der Waals surface area contributed by atoms with E-state index in [2.05, 4.69) is 11.9 Å². The number of carbonyl (C=O) groups is 2. The molecule has 4 heteroatoms. The van der Waals surface area contributed by atoms with Gasteiger partial charge in [-0.2, -0.15) is 0 Å². The minimum absolute atomic E-state index is 0.0537. The molecule has 1 heterocycles. The summed E-state index contributed by atoms with van der Waals surface area (Å²) in [6.45, 7) is 5.77. The van der Waals surface area contributed by atoms with Gasteiger partial charge in [0.1, 0.15) is 6.04 Å². The Labute approximate surface area is 71.2 Å². The number of hydrogen-bond acceptors (Lipinski definition) is 2. The monoisotopic (exact) mass is 168 g/mol. The van der Waals surface area contributed by atoms with E-state index in [4.69, 9.17) is 0 Å². The normalized spacial score (nSPS) is 23.8. The van der Waals surface area contributed by atoms with Gasteiger partial charge in [0.05, 0.1) is 6.54 Å². The van der Waals surface area contributed by atoms with Gasteiger partial charge in [-0.1, -0.05) is 6.08 Å². The number of hydrogen-bond donors (Lipinski definition) is 1. The molecule has 0 aromatic heterocycles. The van der Waals surface area contributed by atoms with Gasteiger partial charge in [0.15, 0.2) is 0 Å². The van der Waals surface area contributed by atoms with Crippen LogP contribution in [0.3, 0.4) is 0 Å². The van der Waals surface area contributed by atoms with E-state index < -0.39 is 0 Å². The molecule has 0 aliphatic carbocycles. The van der Waals surface area contributed by atoms with Crippen molar-refractivity contribution in [3.63, 3.8) is 0 Å². The largest absolute Gasteiger partial charge is 0.345 e. The second kappa shape index (κ2) is 3.38. The molecule has 12 heavy (non-hydrogen) atoms. The van der Waals surface area contributed by atoms with Gasteiger partial charge in [-0.3, -0.25) is 9.59 Å². The summed E-state index contributed by atoms with van der Waals surface area (Å²) in [5, 5.41) is 2.51. The van der Waals surface area contributed by atoms with Crippen LogP contribution in [0.1, 0.15) is 6.92 Å². The summed E-state index contributed by atoms with van der Waals surface area (Å²) in [4.78, 5) is 23.8. The van der Waals surface area contributed by atoms with Gasteiger partial charge in [0, 0.05) is 6.54 Å². The molecule has 0 spiro atoms. The first kappa shape index (κ1) is 8.77. The smallest absolute Gasteiger partial charge is 0.242 e. The lowest BCUT2D eigenvalue weighted by Crippen LogP contribution is -2.56. The zero-order valence-electron chi connectivity index (χ0n) is 7.04. The third-order valence-corrected chi connectivity index (χ3v) is 1.91. The highest BCUT2D eigenvalue weighted by atomic mass is 16.2. The Balaban J connectivity index is 2.71. The molecule has 0 aromatic carbocycles.